The van der Waals surface area contributed by atoms with Gasteiger partial charge in [0.15, 0.2) is 0 Å². The third-order valence-electron chi connectivity index (χ3n) is 4.53. The number of carbonyl (C=O) groups is 2. The molecule has 7 heteroatoms. The van der Waals surface area contributed by atoms with Gasteiger partial charge in [0.05, 0.1) is 6.26 Å². The minimum Gasteiger partial charge on any atom is -0.489 e. The van der Waals surface area contributed by atoms with Gasteiger partial charge in [0, 0.05) is 6.54 Å². The van der Waals surface area contributed by atoms with E-state index in [0.717, 1.165) is 23.1 Å². The molecule has 166 valence electrons. The fraction of sp³-hybridized carbons (Fsp3) is 0.333. The molecule has 0 bridgehead atoms. The second kappa shape index (κ2) is 13.1. The molecule has 0 aliphatic heterocycles. The van der Waals surface area contributed by atoms with Gasteiger partial charge in [-0.3, -0.25) is 4.79 Å². The Labute approximate surface area is 183 Å². The van der Waals surface area contributed by atoms with Crippen LogP contribution in [0.4, 0.5) is 4.79 Å². The van der Waals surface area contributed by atoms with Crippen molar-refractivity contribution >= 4 is 12.1 Å². The number of unbranched alkanes of at least 4 members (excludes halogenated alkanes) is 1. The Bertz CT molecular complexity index is 834. The number of hydrogen-bond acceptors (Lipinski definition) is 6. The van der Waals surface area contributed by atoms with Crippen LogP contribution in [0.15, 0.2) is 61.4 Å². The summed E-state index contributed by atoms with van der Waals surface area (Å²) in [6, 6.07) is 14.9. The maximum absolute atomic E-state index is 12.1. The summed E-state index contributed by atoms with van der Waals surface area (Å²) in [6.07, 6.45) is 2.34. The number of alkyl carbamates (subject to hydrolysis) is 1. The monoisotopic (exact) mass is 426 g/mol. The number of carbonyl (C=O) groups excluding carboxylic acids is 2. The van der Waals surface area contributed by atoms with Gasteiger partial charge in [-0.1, -0.05) is 48.5 Å². The average Bonchev–Trinajstić information content (AvgIpc) is 2.77. The molecule has 1 unspecified atom stereocenters. The minimum atomic E-state index is -0.697. The predicted molar refractivity (Wildman–Crippen MR) is 118 cm³/mol. The second-order valence-corrected chi connectivity index (χ2v) is 7.13. The Balaban J connectivity index is 1.63. The van der Waals surface area contributed by atoms with Crippen LogP contribution in [0, 0.1) is 6.92 Å². The van der Waals surface area contributed by atoms with Crippen LogP contribution in [0.25, 0.3) is 0 Å². The van der Waals surface area contributed by atoms with Gasteiger partial charge in [0.1, 0.15) is 25.0 Å². The van der Waals surface area contributed by atoms with Crippen molar-refractivity contribution < 1.29 is 23.8 Å². The molecule has 2 rings (SSSR count). The number of amides is 1. The van der Waals surface area contributed by atoms with Crippen LogP contribution < -0.4 is 15.8 Å². The number of rotatable bonds is 12. The number of hydrogen-bond donors (Lipinski definition) is 2. The molecule has 7 nitrogen and oxygen atoms in total. The van der Waals surface area contributed by atoms with E-state index < -0.39 is 18.1 Å². The molecule has 0 radical (unpaired) electrons. The first-order chi connectivity index (χ1) is 15.0. The van der Waals surface area contributed by atoms with Crippen LogP contribution in [0.5, 0.6) is 5.75 Å². The lowest BCUT2D eigenvalue weighted by Gasteiger charge is -2.12. The molecule has 1 atom stereocenters. The second-order valence-electron chi connectivity index (χ2n) is 7.13. The molecular formula is C24H30N2O5. The normalized spacial score (nSPS) is 11.3. The van der Waals surface area contributed by atoms with Gasteiger partial charge in [-0.25, -0.2) is 4.79 Å². The predicted octanol–water partition coefficient (Wildman–Crippen LogP) is 3.98. The van der Waals surface area contributed by atoms with Gasteiger partial charge in [0.2, 0.25) is 0 Å². The number of benzene rings is 2. The Morgan fingerprint density at radius 3 is 2.35 bits per heavy atom. The summed E-state index contributed by atoms with van der Waals surface area (Å²) in [5, 5.41) is 2.56. The zero-order chi connectivity index (χ0) is 22.5. The molecular weight excluding hydrogens is 396 g/mol. The van der Waals surface area contributed by atoms with E-state index in [-0.39, 0.29) is 6.61 Å². The van der Waals surface area contributed by atoms with Crippen LogP contribution in [-0.2, 0) is 27.5 Å². The number of esters is 1. The third kappa shape index (κ3) is 9.35. The maximum Gasteiger partial charge on any atom is 0.411 e. The fourth-order valence-corrected chi connectivity index (χ4v) is 2.71. The van der Waals surface area contributed by atoms with Crippen molar-refractivity contribution in [2.75, 3.05) is 6.54 Å². The highest BCUT2D eigenvalue weighted by Crippen LogP contribution is 2.15. The number of ether oxygens (including phenoxy) is 3. The molecule has 0 fully saturated rings. The quantitative estimate of drug-likeness (QED) is 0.302. The zero-order valence-electron chi connectivity index (χ0n) is 17.8. The maximum atomic E-state index is 12.1. The lowest BCUT2D eigenvalue weighted by molar-refractivity contribution is -0.146. The minimum absolute atomic E-state index is 0.153. The lowest BCUT2D eigenvalue weighted by Crippen LogP contribution is -2.32. The van der Waals surface area contributed by atoms with Crippen molar-refractivity contribution in [2.45, 2.75) is 45.4 Å². The number of aryl methyl sites for hydroxylation is 1. The molecule has 0 spiro atoms. The van der Waals surface area contributed by atoms with Crippen LogP contribution in [0.3, 0.4) is 0 Å². The fourth-order valence-electron chi connectivity index (χ4n) is 2.71. The van der Waals surface area contributed by atoms with Crippen LogP contribution >= 0.6 is 0 Å². The molecule has 0 saturated carbocycles. The topological polar surface area (TPSA) is 99.9 Å². The molecule has 0 aliphatic rings. The lowest BCUT2D eigenvalue weighted by atomic mass is 10.1. The van der Waals surface area contributed by atoms with Gasteiger partial charge in [-0.15, -0.1) is 0 Å². The van der Waals surface area contributed by atoms with Gasteiger partial charge in [0.25, 0.3) is 0 Å². The van der Waals surface area contributed by atoms with E-state index in [2.05, 4.69) is 28.8 Å². The van der Waals surface area contributed by atoms with Gasteiger partial charge >= 0.3 is 12.1 Å². The summed E-state index contributed by atoms with van der Waals surface area (Å²) in [4.78, 5) is 23.1. The SMILES string of the molecule is C=COC(=O)NCCCCC(N)C(=O)OCc1ccc(OCc2ccc(C)cc2)cc1. The van der Waals surface area contributed by atoms with Gasteiger partial charge in [-0.05, 0) is 49.4 Å². The number of nitrogens with two attached hydrogens (primary N) is 1. The van der Waals surface area contributed by atoms with E-state index >= 15 is 0 Å². The zero-order valence-corrected chi connectivity index (χ0v) is 17.8. The summed E-state index contributed by atoms with van der Waals surface area (Å²) in [5.41, 5.74) is 9.05. The summed E-state index contributed by atoms with van der Waals surface area (Å²) in [5.74, 6) is 0.302. The molecule has 2 aromatic rings. The molecule has 1 amide bonds. The molecule has 0 aromatic heterocycles. The van der Waals surface area contributed by atoms with Crippen LogP contribution in [0.1, 0.15) is 36.0 Å². The van der Waals surface area contributed by atoms with Crippen molar-refractivity contribution in [3.8, 4) is 5.75 Å². The van der Waals surface area contributed by atoms with Gasteiger partial charge < -0.3 is 25.3 Å². The Kier molecular flexibility index (Phi) is 10.1. The van der Waals surface area contributed by atoms with Crippen molar-refractivity contribution in [3.63, 3.8) is 0 Å². The Morgan fingerprint density at radius 2 is 1.68 bits per heavy atom. The molecule has 3 N–H and O–H groups in total. The van der Waals surface area contributed by atoms with E-state index in [1.54, 1.807) is 0 Å². The molecule has 0 heterocycles. The first kappa shape index (κ1) is 24.0. The molecule has 0 saturated heterocycles. The standard InChI is InChI=1S/C24H30N2O5/c1-3-29-24(28)26-15-5-4-6-22(25)23(27)31-17-20-11-13-21(14-12-20)30-16-19-9-7-18(2)8-10-19/h3,7-14,22H,1,4-6,15-17,25H2,2H3,(H,26,28). The van der Waals surface area contributed by atoms with Gasteiger partial charge in [-0.2, -0.15) is 0 Å². The van der Waals surface area contributed by atoms with Crippen LogP contribution in [-0.4, -0.2) is 24.6 Å². The summed E-state index contributed by atoms with van der Waals surface area (Å²) in [7, 11) is 0. The highest BCUT2D eigenvalue weighted by molar-refractivity contribution is 5.75. The Morgan fingerprint density at radius 1 is 1.03 bits per heavy atom. The third-order valence-corrected chi connectivity index (χ3v) is 4.53. The summed E-state index contributed by atoms with van der Waals surface area (Å²) >= 11 is 0. The van der Waals surface area contributed by atoms with Crippen molar-refractivity contribution in [1.82, 2.24) is 5.32 Å². The van der Waals surface area contributed by atoms with E-state index in [9.17, 15) is 9.59 Å². The first-order valence-electron chi connectivity index (χ1n) is 10.2. The smallest absolute Gasteiger partial charge is 0.411 e. The molecule has 0 aliphatic carbocycles. The van der Waals surface area contributed by atoms with E-state index in [0.29, 0.717) is 32.4 Å². The van der Waals surface area contributed by atoms with E-state index in [1.165, 1.54) is 5.56 Å². The average molecular weight is 427 g/mol. The van der Waals surface area contributed by atoms with E-state index in [1.807, 2.05) is 43.3 Å². The largest absolute Gasteiger partial charge is 0.489 e. The molecule has 31 heavy (non-hydrogen) atoms. The number of nitrogens with one attached hydrogen (secondary N) is 1. The van der Waals surface area contributed by atoms with Crippen LogP contribution in [0.2, 0.25) is 0 Å². The highest BCUT2D eigenvalue weighted by atomic mass is 16.5. The summed E-state index contributed by atoms with van der Waals surface area (Å²) < 4.78 is 15.6. The van der Waals surface area contributed by atoms with E-state index in [4.69, 9.17) is 15.2 Å². The van der Waals surface area contributed by atoms with Crippen molar-refractivity contribution in [1.29, 1.82) is 0 Å². The van der Waals surface area contributed by atoms with Crippen molar-refractivity contribution in [3.05, 3.63) is 78.1 Å². The Hall–Kier alpha value is -3.32. The first-order valence-corrected chi connectivity index (χ1v) is 10.2. The molecule has 2 aromatic carbocycles. The highest BCUT2D eigenvalue weighted by Gasteiger charge is 2.14. The summed E-state index contributed by atoms with van der Waals surface area (Å²) in [6.45, 7) is 6.43. The van der Waals surface area contributed by atoms with Crippen molar-refractivity contribution in [2.24, 2.45) is 5.73 Å².